The van der Waals surface area contributed by atoms with E-state index >= 15 is 0 Å². The third-order valence-electron chi connectivity index (χ3n) is 6.25. The molecule has 1 atom stereocenters. The lowest BCUT2D eigenvalue weighted by molar-refractivity contribution is 0.640. The molecule has 7 heteroatoms. The number of fused-ring (bicyclic) bond motifs is 1. The highest BCUT2D eigenvalue weighted by molar-refractivity contribution is 8.18. The lowest BCUT2D eigenvalue weighted by Gasteiger charge is -2.34. The zero-order valence-corrected chi connectivity index (χ0v) is 20.4. The largest absolute Gasteiger partial charge is 0.346 e. The van der Waals surface area contributed by atoms with E-state index in [1.807, 2.05) is 35.3 Å². The zero-order chi connectivity index (χ0) is 22.5. The highest BCUT2D eigenvalue weighted by atomic mass is 32.4. The number of aromatic nitrogens is 1. The van der Waals surface area contributed by atoms with E-state index in [4.69, 9.17) is 16.9 Å². The maximum Gasteiger partial charge on any atom is 0.175 e. The average Bonchev–Trinajstić information content (AvgIpc) is 3.21. The van der Waals surface area contributed by atoms with Crippen molar-refractivity contribution in [2.75, 3.05) is 21.8 Å². The van der Waals surface area contributed by atoms with Gasteiger partial charge in [0.2, 0.25) is 0 Å². The van der Waals surface area contributed by atoms with Crippen LogP contribution in [0.1, 0.15) is 25.0 Å². The molecule has 3 heterocycles. The van der Waals surface area contributed by atoms with E-state index in [2.05, 4.69) is 85.3 Å². The molecule has 0 amide bonds. The van der Waals surface area contributed by atoms with Crippen LogP contribution >= 0.6 is 6.34 Å². The minimum absolute atomic E-state index is 0.204. The van der Waals surface area contributed by atoms with Crippen LogP contribution in [0.25, 0.3) is 0 Å². The number of rotatable bonds is 3. The Labute approximate surface area is 194 Å². The Balaban J connectivity index is 1.72. The standard InChI is InChI=1S/C25H26N5PS/c1-18-11-10-16-26-24(18)28-31(32)22(17-27-30(31)19-12-6-5-7-13-19)23-25(2,3)20-14-8-9-15-21(20)29(23)4/h5-17H,1-4H3,(H,26,28,32). The average molecular weight is 460 g/mol. The summed E-state index contributed by atoms with van der Waals surface area (Å²) in [6.45, 7) is 6.58. The van der Waals surface area contributed by atoms with Gasteiger partial charge in [-0.05, 0) is 54.1 Å². The molecule has 1 unspecified atom stereocenters. The van der Waals surface area contributed by atoms with Crippen LogP contribution in [0.3, 0.4) is 0 Å². The molecular formula is C25H26N5PS. The van der Waals surface area contributed by atoms with Crippen molar-refractivity contribution in [1.29, 1.82) is 0 Å². The summed E-state index contributed by atoms with van der Waals surface area (Å²) < 4.78 is 1.99. The molecule has 5 rings (SSSR count). The number of nitrogens with zero attached hydrogens (tertiary/aromatic N) is 4. The van der Waals surface area contributed by atoms with Crippen LogP contribution in [0, 0.1) is 6.92 Å². The molecule has 0 bridgehead atoms. The fraction of sp³-hybridized carbons (Fsp3) is 0.200. The smallest absolute Gasteiger partial charge is 0.175 e. The summed E-state index contributed by atoms with van der Waals surface area (Å²) in [6.07, 6.45) is 1.17. The maximum atomic E-state index is 6.51. The van der Waals surface area contributed by atoms with Gasteiger partial charge in [-0.2, -0.15) is 5.10 Å². The van der Waals surface area contributed by atoms with Gasteiger partial charge in [0.15, 0.2) is 6.34 Å². The number of anilines is 3. The molecule has 0 saturated carbocycles. The third kappa shape index (κ3) is 3.09. The van der Waals surface area contributed by atoms with Crippen LogP contribution in [0.15, 0.2) is 89.0 Å². The molecule has 0 spiro atoms. The molecule has 0 fully saturated rings. The van der Waals surface area contributed by atoms with Gasteiger partial charge in [-0.15, -0.1) is 0 Å². The highest BCUT2D eigenvalue weighted by Crippen LogP contribution is 2.65. The minimum Gasteiger partial charge on any atom is -0.346 e. The van der Waals surface area contributed by atoms with Gasteiger partial charge in [0.1, 0.15) is 5.82 Å². The summed E-state index contributed by atoms with van der Waals surface area (Å²) in [5.41, 5.74) is 5.52. The van der Waals surface area contributed by atoms with Crippen LogP contribution in [-0.4, -0.2) is 18.2 Å². The Morgan fingerprint density at radius 3 is 2.41 bits per heavy atom. The second-order valence-electron chi connectivity index (χ2n) is 8.66. The number of likely N-dealkylation sites (N-methyl/N-ethyl adjacent to an activating group) is 1. The van der Waals surface area contributed by atoms with E-state index in [9.17, 15) is 0 Å². The van der Waals surface area contributed by atoms with Crippen molar-refractivity contribution in [3.63, 3.8) is 0 Å². The number of hydrogen-bond acceptors (Lipinski definition) is 4. The van der Waals surface area contributed by atoms with E-state index in [-0.39, 0.29) is 5.41 Å². The van der Waals surface area contributed by atoms with Gasteiger partial charge in [0.05, 0.1) is 17.2 Å². The van der Waals surface area contributed by atoms with E-state index in [0.29, 0.717) is 0 Å². The van der Waals surface area contributed by atoms with E-state index in [1.54, 1.807) is 6.20 Å². The Hall–Kier alpha value is -2.95. The Bertz CT molecular complexity index is 1300. The van der Waals surface area contributed by atoms with Crippen LogP contribution in [0.5, 0.6) is 0 Å². The molecule has 0 aliphatic carbocycles. The minimum atomic E-state index is -2.59. The van der Waals surface area contributed by atoms with Crippen molar-refractivity contribution in [3.8, 4) is 0 Å². The van der Waals surface area contributed by atoms with Gasteiger partial charge in [-0.25, -0.2) is 9.76 Å². The van der Waals surface area contributed by atoms with Crippen LogP contribution in [0.2, 0.25) is 0 Å². The van der Waals surface area contributed by atoms with Gasteiger partial charge in [-0.1, -0.05) is 56.3 Å². The summed E-state index contributed by atoms with van der Waals surface area (Å²) in [4.78, 5) is 6.88. The number of hydrogen-bond donors (Lipinski definition) is 1. The molecule has 2 aliphatic heterocycles. The fourth-order valence-electron chi connectivity index (χ4n) is 4.67. The van der Waals surface area contributed by atoms with Crippen LogP contribution in [0.4, 0.5) is 17.2 Å². The fourth-order valence-corrected chi connectivity index (χ4v) is 8.26. The van der Waals surface area contributed by atoms with Crippen molar-refractivity contribution in [3.05, 3.63) is 95.1 Å². The summed E-state index contributed by atoms with van der Waals surface area (Å²) in [6, 6.07) is 22.7. The number of hydrazone groups is 1. The summed E-state index contributed by atoms with van der Waals surface area (Å²) in [5.74, 6) is 0.802. The Kier molecular flexibility index (Phi) is 4.95. The van der Waals surface area contributed by atoms with Gasteiger partial charge < -0.3 is 9.99 Å². The highest BCUT2D eigenvalue weighted by Gasteiger charge is 2.46. The van der Waals surface area contributed by atoms with Gasteiger partial charge >= 0.3 is 0 Å². The van der Waals surface area contributed by atoms with Crippen molar-refractivity contribution in [1.82, 2.24) is 4.98 Å². The number of pyridine rings is 1. The van der Waals surface area contributed by atoms with Gasteiger partial charge in [0.25, 0.3) is 0 Å². The second-order valence-corrected chi connectivity index (χ2v) is 12.5. The first-order chi connectivity index (χ1) is 15.3. The first kappa shape index (κ1) is 20.9. The Morgan fingerprint density at radius 2 is 1.69 bits per heavy atom. The van der Waals surface area contributed by atoms with Crippen molar-refractivity contribution >= 4 is 41.6 Å². The number of aryl methyl sites for hydroxylation is 1. The molecule has 2 aliphatic rings. The monoisotopic (exact) mass is 459 g/mol. The predicted octanol–water partition coefficient (Wildman–Crippen LogP) is 6.26. The van der Waals surface area contributed by atoms with Gasteiger partial charge in [0, 0.05) is 30.0 Å². The van der Waals surface area contributed by atoms with Crippen LogP contribution in [-0.2, 0) is 17.2 Å². The van der Waals surface area contributed by atoms with Crippen molar-refractivity contribution < 1.29 is 0 Å². The second kappa shape index (κ2) is 7.58. The summed E-state index contributed by atoms with van der Waals surface area (Å²) >= 11 is 6.51. The topological polar surface area (TPSA) is 43.8 Å². The number of para-hydroxylation sites is 2. The van der Waals surface area contributed by atoms with E-state index in [1.165, 1.54) is 16.9 Å². The lowest BCUT2D eigenvalue weighted by Crippen LogP contribution is -2.27. The summed E-state index contributed by atoms with van der Waals surface area (Å²) in [7, 11) is 2.13. The molecule has 32 heavy (non-hydrogen) atoms. The van der Waals surface area contributed by atoms with E-state index in [0.717, 1.165) is 22.4 Å². The first-order valence-corrected chi connectivity index (χ1v) is 13.4. The van der Waals surface area contributed by atoms with Crippen molar-refractivity contribution in [2.24, 2.45) is 5.10 Å². The predicted molar refractivity (Wildman–Crippen MR) is 139 cm³/mol. The number of allylic oxidation sites excluding steroid dienone is 2. The third-order valence-corrected chi connectivity index (χ3v) is 9.94. The molecule has 0 radical (unpaired) electrons. The molecule has 3 aromatic rings. The molecule has 1 aromatic heterocycles. The summed E-state index contributed by atoms with van der Waals surface area (Å²) in [5, 5.41) is 9.59. The molecule has 162 valence electrons. The van der Waals surface area contributed by atoms with E-state index < -0.39 is 6.34 Å². The quantitative estimate of drug-likeness (QED) is 0.469. The maximum absolute atomic E-state index is 6.51. The SMILES string of the molecule is Cc1cccnc1NP1(=S)C(=C2N(C)c3ccccc3C2(C)C)C=NN1c1ccccc1. The number of benzene rings is 2. The molecule has 5 nitrogen and oxygen atoms in total. The van der Waals surface area contributed by atoms with Crippen molar-refractivity contribution in [2.45, 2.75) is 26.2 Å². The van der Waals surface area contributed by atoms with Crippen LogP contribution < -0.4 is 14.8 Å². The Morgan fingerprint density at radius 1 is 0.969 bits per heavy atom. The lowest BCUT2D eigenvalue weighted by atomic mass is 9.84. The first-order valence-electron chi connectivity index (χ1n) is 10.6. The molecule has 0 saturated heterocycles. The molecule has 1 N–H and O–H groups in total. The number of nitrogens with one attached hydrogen (secondary N) is 1. The molecule has 2 aromatic carbocycles. The van der Waals surface area contributed by atoms with Gasteiger partial charge in [-0.3, -0.25) is 0 Å². The zero-order valence-electron chi connectivity index (χ0n) is 18.6. The molecular weight excluding hydrogens is 433 g/mol. The normalized spacial score (nSPS) is 23.5.